The molecule has 3 atom stereocenters. The van der Waals surface area contributed by atoms with Crippen molar-refractivity contribution in [2.45, 2.75) is 38.1 Å². The second kappa shape index (κ2) is 4.22. The lowest BCUT2D eigenvalue weighted by Crippen LogP contribution is -2.34. The fourth-order valence-electron chi connectivity index (χ4n) is 3.39. The van der Waals surface area contributed by atoms with Crippen LogP contribution < -0.4 is 0 Å². The summed E-state index contributed by atoms with van der Waals surface area (Å²) in [7, 11) is 0. The molecule has 1 saturated heterocycles. The van der Waals surface area contributed by atoms with Gasteiger partial charge in [-0.25, -0.2) is 0 Å². The van der Waals surface area contributed by atoms with E-state index in [1.54, 1.807) is 0 Å². The van der Waals surface area contributed by atoms with Crippen molar-refractivity contribution in [2.75, 3.05) is 0 Å². The Morgan fingerprint density at radius 3 is 2.84 bits per heavy atom. The largest absolute Gasteiger partial charge is 0.345 e. The fourth-order valence-corrected chi connectivity index (χ4v) is 3.39. The average molecular weight is 254 g/mol. The van der Waals surface area contributed by atoms with Gasteiger partial charge in [0, 0.05) is 30.9 Å². The number of hydrogen-bond donors (Lipinski definition) is 0. The maximum atomic E-state index is 6.16. The molecule has 2 aliphatic rings. The van der Waals surface area contributed by atoms with E-state index in [4.69, 9.17) is 4.84 Å². The molecular weight excluding hydrogens is 236 g/mol. The van der Waals surface area contributed by atoms with Gasteiger partial charge in [0.1, 0.15) is 6.10 Å². The molecule has 3 nitrogen and oxygen atoms in total. The summed E-state index contributed by atoms with van der Waals surface area (Å²) in [5.74, 6) is 0. The van der Waals surface area contributed by atoms with Crippen LogP contribution >= 0.6 is 0 Å². The molecule has 0 unspecified atom stereocenters. The third-order valence-electron chi connectivity index (χ3n) is 4.41. The summed E-state index contributed by atoms with van der Waals surface area (Å²) in [4.78, 5) is 6.16. The quantitative estimate of drug-likeness (QED) is 0.818. The zero-order chi connectivity index (χ0) is 12.8. The van der Waals surface area contributed by atoms with Crippen LogP contribution in [0.25, 0.3) is 0 Å². The Morgan fingerprint density at radius 1 is 1.16 bits per heavy atom. The first-order valence-corrected chi connectivity index (χ1v) is 6.97. The fraction of sp³-hybridized carbons (Fsp3) is 0.375. The molecule has 1 aromatic carbocycles. The lowest BCUT2D eigenvalue weighted by Gasteiger charge is -2.30. The molecule has 3 heterocycles. The molecule has 4 rings (SSSR count). The van der Waals surface area contributed by atoms with Gasteiger partial charge in [-0.3, -0.25) is 4.84 Å². The van der Waals surface area contributed by atoms with Crippen molar-refractivity contribution < 1.29 is 4.84 Å². The van der Waals surface area contributed by atoms with Gasteiger partial charge in [-0.1, -0.05) is 30.3 Å². The van der Waals surface area contributed by atoms with Crippen molar-refractivity contribution >= 4 is 0 Å². The Labute approximate surface area is 113 Å². The number of hydrogen-bond acceptors (Lipinski definition) is 2. The molecule has 1 aromatic heterocycles. The molecule has 3 heteroatoms. The summed E-state index contributed by atoms with van der Waals surface area (Å²) in [5.41, 5.74) is 2.63. The summed E-state index contributed by atoms with van der Waals surface area (Å²) < 4.78 is 2.36. The van der Waals surface area contributed by atoms with E-state index in [9.17, 15) is 0 Å². The topological polar surface area (TPSA) is 17.4 Å². The average Bonchev–Trinajstić information content (AvgIpc) is 3.03. The minimum Gasteiger partial charge on any atom is -0.345 e. The van der Waals surface area contributed by atoms with E-state index >= 15 is 0 Å². The molecule has 0 spiro atoms. The number of nitrogens with zero attached hydrogens (tertiary/aromatic N) is 2. The molecule has 0 amide bonds. The van der Waals surface area contributed by atoms with Crippen molar-refractivity contribution in [1.29, 1.82) is 0 Å². The highest BCUT2D eigenvalue weighted by Gasteiger charge is 2.43. The predicted octanol–water partition coefficient (Wildman–Crippen LogP) is 3.31. The van der Waals surface area contributed by atoms with Gasteiger partial charge in [-0.2, -0.15) is 5.06 Å². The van der Waals surface area contributed by atoms with Crippen molar-refractivity contribution in [3.63, 3.8) is 0 Å². The Morgan fingerprint density at radius 2 is 2.00 bits per heavy atom. The van der Waals surface area contributed by atoms with E-state index in [-0.39, 0.29) is 6.10 Å². The van der Waals surface area contributed by atoms with E-state index < -0.39 is 0 Å². The Balaban J connectivity index is 1.60. The van der Waals surface area contributed by atoms with E-state index in [2.05, 4.69) is 65.2 Å². The molecule has 2 bridgehead atoms. The van der Waals surface area contributed by atoms with Crippen LogP contribution in [-0.2, 0) is 11.4 Å². The van der Waals surface area contributed by atoms with Gasteiger partial charge in [0.2, 0.25) is 0 Å². The third kappa shape index (κ3) is 1.73. The molecule has 0 radical (unpaired) electrons. The molecule has 98 valence electrons. The smallest absolute Gasteiger partial charge is 0.121 e. The highest BCUT2D eigenvalue weighted by Crippen LogP contribution is 2.44. The van der Waals surface area contributed by atoms with E-state index in [1.165, 1.54) is 11.3 Å². The van der Waals surface area contributed by atoms with Crippen LogP contribution in [0.15, 0.2) is 48.7 Å². The van der Waals surface area contributed by atoms with Gasteiger partial charge in [-0.15, -0.1) is 0 Å². The second-order valence-electron chi connectivity index (χ2n) is 5.54. The maximum absolute atomic E-state index is 6.16. The number of fused-ring (bicyclic) bond motifs is 4. The molecule has 1 fully saturated rings. The van der Waals surface area contributed by atoms with Gasteiger partial charge in [0.05, 0.1) is 6.04 Å². The number of rotatable bonds is 2. The van der Waals surface area contributed by atoms with Crippen LogP contribution in [-0.4, -0.2) is 15.7 Å². The summed E-state index contributed by atoms with van der Waals surface area (Å²) in [6.07, 6.45) is 3.52. The first kappa shape index (κ1) is 11.3. The predicted molar refractivity (Wildman–Crippen MR) is 73.4 cm³/mol. The van der Waals surface area contributed by atoms with Crippen LogP contribution in [0.2, 0.25) is 0 Å². The maximum Gasteiger partial charge on any atom is 0.121 e. The molecule has 19 heavy (non-hydrogen) atoms. The first-order chi connectivity index (χ1) is 9.33. The zero-order valence-electron chi connectivity index (χ0n) is 11.1. The highest BCUT2D eigenvalue weighted by molar-refractivity contribution is 5.19. The standard InChI is InChI=1S/C16H18N2O/c1-12-15-10-16(14-8-5-9-17(12)14)19-18(15)11-13-6-3-2-4-7-13/h2-9,12,15-16H,10-11H2,1H3/t12-,15+,16-/m0/s1. The summed E-state index contributed by atoms with van der Waals surface area (Å²) in [6, 6.07) is 15.8. The minimum atomic E-state index is 0.236. The molecular formula is C16H18N2O. The Bertz CT molecular complexity index is 567. The Hall–Kier alpha value is -1.58. The number of hydroxylamine groups is 2. The lowest BCUT2D eigenvalue weighted by atomic mass is 9.97. The number of aromatic nitrogens is 1. The second-order valence-corrected chi connectivity index (χ2v) is 5.54. The van der Waals surface area contributed by atoms with Crippen LogP contribution in [0.3, 0.4) is 0 Å². The molecule has 0 saturated carbocycles. The first-order valence-electron chi connectivity index (χ1n) is 6.97. The molecule has 0 aliphatic carbocycles. The van der Waals surface area contributed by atoms with E-state index in [0.717, 1.165) is 13.0 Å². The van der Waals surface area contributed by atoms with Gasteiger partial charge in [-0.05, 0) is 24.6 Å². The van der Waals surface area contributed by atoms with Crippen molar-refractivity contribution in [2.24, 2.45) is 0 Å². The summed E-state index contributed by atoms with van der Waals surface area (Å²) in [5, 5.41) is 2.18. The van der Waals surface area contributed by atoms with Crippen molar-refractivity contribution in [3.05, 3.63) is 59.9 Å². The van der Waals surface area contributed by atoms with Crippen molar-refractivity contribution in [1.82, 2.24) is 9.63 Å². The highest BCUT2D eigenvalue weighted by atomic mass is 16.7. The van der Waals surface area contributed by atoms with Crippen LogP contribution in [0.5, 0.6) is 0 Å². The van der Waals surface area contributed by atoms with Gasteiger partial charge >= 0.3 is 0 Å². The SMILES string of the molecule is C[C@H]1[C@H]2C[C@H](ON2Cc2ccccc2)c2cccn21. The summed E-state index contributed by atoms with van der Waals surface area (Å²) in [6.45, 7) is 3.16. The van der Waals surface area contributed by atoms with E-state index in [1.807, 2.05) is 0 Å². The minimum absolute atomic E-state index is 0.236. The molecule has 2 aliphatic heterocycles. The zero-order valence-corrected chi connectivity index (χ0v) is 11.1. The van der Waals surface area contributed by atoms with Crippen LogP contribution in [0, 0.1) is 0 Å². The molecule has 2 aromatic rings. The van der Waals surface area contributed by atoms with Gasteiger partial charge in [0.25, 0.3) is 0 Å². The van der Waals surface area contributed by atoms with Crippen LogP contribution in [0.4, 0.5) is 0 Å². The monoisotopic (exact) mass is 254 g/mol. The third-order valence-corrected chi connectivity index (χ3v) is 4.41. The van der Waals surface area contributed by atoms with Crippen molar-refractivity contribution in [3.8, 4) is 0 Å². The van der Waals surface area contributed by atoms with Crippen LogP contribution in [0.1, 0.15) is 36.7 Å². The Kier molecular flexibility index (Phi) is 2.50. The molecule has 0 N–H and O–H groups in total. The summed E-state index contributed by atoms with van der Waals surface area (Å²) >= 11 is 0. The normalized spacial score (nSPS) is 29.4. The van der Waals surface area contributed by atoms with Gasteiger partial charge < -0.3 is 4.57 Å². The lowest BCUT2D eigenvalue weighted by molar-refractivity contribution is -0.170. The number of benzene rings is 1. The van der Waals surface area contributed by atoms with E-state index in [0.29, 0.717) is 12.1 Å². The van der Waals surface area contributed by atoms with Gasteiger partial charge in [0.15, 0.2) is 0 Å².